The van der Waals surface area contributed by atoms with Gasteiger partial charge in [0, 0.05) is 0 Å². The van der Waals surface area contributed by atoms with Gasteiger partial charge >= 0.3 is 131 Å². The van der Waals surface area contributed by atoms with Crippen LogP contribution in [-0.4, -0.2) is 8.07 Å². The van der Waals surface area contributed by atoms with E-state index in [0.29, 0.717) is 0 Å². The molecule has 0 aromatic rings. The molecule has 3 aliphatic rings. The molecule has 0 atom stereocenters. The molecule has 114 valence electrons. The van der Waals surface area contributed by atoms with Crippen LogP contribution in [0.3, 0.4) is 0 Å². The van der Waals surface area contributed by atoms with Crippen LogP contribution in [0.5, 0.6) is 0 Å². The van der Waals surface area contributed by atoms with Gasteiger partial charge in [0.1, 0.15) is 0 Å². The third-order valence-corrected chi connectivity index (χ3v) is 14.8. The summed E-state index contributed by atoms with van der Waals surface area (Å²) in [6, 6.07) is 4.83. The number of halogens is 2. The van der Waals surface area contributed by atoms with E-state index in [-0.39, 0.29) is 24.8 Å². The van der Waals surface area contributed by atoms with E-state index >= 15 is 0 Å². The Morgan fingerprint density at radius 3 is 2.52 bits per heavy atom. The first-order valence-corrected chi connectivity index (χ1v) is 12.9. The predicted octanol–water partition coefficient (Wildman–Crippen LogP) is -0.673. The van der Waals surface area contributed by atoms with Crippen molar-refractivity contribution in [3.63, 3.8) is 0 Å². The molecule has 4 heteroatoms. The normalized spacial score (nSPS) is 21.3. The van der Waals surface area contributed by atoms with Crippen LogP contribution in [0.2, 0.25) is 18.1 Å². The topological polar surface area (TPSA) is 0 Å². The molecule has 0 N–H and O–H groups in total. The first kappa shape index (κ1) is 19.7. The Morgan fingerprint density at radius 1 is 1.14 bits per heavy atom. The third kappa shape index (κ3) is 4.34. The predicted molar refractivity (Wildman–Crippen MR) is 82.3 cm³/mol. The summed E-state index contributed by atoms with van der Waals surface area (Å²) in [5.41, 5.74) is 0. The molecule has 0 aromatic carbocycles. The summed E-state index contributed by atoms with van der Waals surface area (Å²) >= 11 is -0.443. The maximum Gasteiger partial charge on any atom is -1.00 e. The smallest absolute Gasteiger partial charge is 1.00 e. The fraction of sp³-hybridized carbons (Fsp3) is 0.529. The Hall–Kier alpha value is 0.640. The summed E-state index contributed by atoms with van der Waals surface area (Å²) in [7, 11) is -0.954. The molecule has 0 saturated carbocycles. The molecule has 1 aliphatic heterocycles. The number of allylic oxidation sites excluding steroid dienone is 8. The molecule has 0 radical (unpaired) electrons. The second kappa shape index (κ2) is 9.06. The van der Waals surface area contributed by atoms with Crippen molar-refractivity contribution in [1.82, 2.24) is 0 Å². The van der Waals surface area contributed by atoms with Crippen LogP contribution in [0.4, 0.5) is 0 Å². The third-order valence-electron chi connectivity index (χ3n) is 4.96. The van der Waals surface area contributed by atoms with Gasteiger partial charge in [0.15, 0.2) is 0 Å². The fourth-order valence-corrected chi connectivity index (χ4v) is 13.8. The number of rotatable bonds is 6. The van der Waals surface area contributed by atoms with Gasteiger partial charge in [0.25, 0.3) is 0 Å². The van der Waals surface area contributed by atoms with Gasteiger partial charge in [-0.2, -0.15) is 0 Å². The molecule has 0 unspecified atom stereocenters. The maximum atomic E-state index is 2.53. The van der Waals surface area contributed by atoms with Gasteiger partial charge in [-0.15, -0.1) is 0 Å². The molecule has 21 heavy (non-hydrogen) atoms. The Bertz CT molecular complexity index is 473. The summed E-state index contributed by atoms with van der Waals surface area (Å²) in [5, 5.41) is 2.02. The van der Waals surface area contributed by atoms with Crippen molar-refractivity contribution in [2.75, 3.05) is 0 Å². The first-order valence-electron chi connectivity index (χ1n) is 7.87. The van der Waals surface area contributed by atoms with E-state index in [9.17, 15) is 0 Å². The molecular formula is C17H24Cl2SiZr. The van der Waals surface area contributed by atoms with Crippen molar-refractivity contribution in [1.29, 1.82) is 0 Å². The summed E-state index contributed by atoms with van der Waals surface area (Å²) in [4.78, 5) is 0. The van der Waals surface area contributed by atoms with Crippen LogP contribution in [0.15, 0.2) is 42.1 Å². The number of unbranched alkanes of at least 4 members (excludes halogenated alkanes) is 1. The zero-order chi connectivity index (χ0) is 13.1. The van der Waals surface area contributed by atoms with Gasteiger partial charge in [0.05, 0.1) is 0 Å². The van der Waals surface area contributed by atoms with Crippen LogP contribution < -0.4 is 24.8 Å². The number of hydrogen-bond acceptors (Lipinski definition) is 0. The Morgan fingerprint density at radius 2 is 1.95 bits per heavy atom. The molecule has 2 aliphatic carbocycles. The van der Waals surface area contributed by atoms with Gasteiger partial charge in [-0.05, 0) is 0 Å². The Labute approximate surface area is 154 Å². The van der Waals surface area contributed by atoms with Crippen LogP contribution in [0.25, 0.3) is 0 Å². The SMILES string of the molecule is CCCC[Si]1(C2=[C]([Zr+2][C]3=CC=CC3)C=CC2)CCC1.[Cl-].[Cl-]. The van der Waals surface area contributed by atoms with Crippen molar-refractivity contribution >= 4 is 8.07 Å². The average Bonchev–Trinajstić information content (AvgIpc) is 3.01. The average molecular weight is 419 g/mol. The molecule has 1 fully saturated rings. The van der Waals surface area contributed by atoms with E-state index in [2.05, 4.69) is 37.3 Å². The summed E-state index contributed by atoms with van der Waals surface area (Å²) < 4.78 is 3.68. The Kier molecular flexibility index (Phi) is 8.50. The van der Waals surface area contributed by atoms with Crippen LogP contribution in [0, 0.1) is 0 Å². The second-order valence-electron chi connectivity index (χ2n) is 6.19. The van der Waals surface area contributed by atoms with E-state index in [1.165, 1.54) is 32.1 Å². The molecule has 0 bridgehead atoms. The molecule has 1 heterocycles. The maximum absolute atomic E-state index is 2.53. The van der Waals surface area contributed by atoms with Gasteiger partial charge < -0.3 is 24.8 Å². The molecule has 1 saturated heterocycles. The minimum Gasteiger partial charge on any atom is -1.00 e. The van der Waals surface area contributed by atoms with Crippen molar-refractivity contribution in [3.05, 3.63) is 42.1 Å². The first-order chi connectivity index (χ1) is 9.34. The van der Waals surface area contributed by atoms with E-state index in [1.54, 1.807) is 21.4 Å². The van der Waals surface area contributed by atoms with Crippen LogP contribution in [-0.2, 0) is 23.2 Å². The minimum absolute atomic E-state index is 0. The van der Waals surface area contributed by atoms with Crippen LogP contribution >= 0.6 is 0 Å². The van der Waals surface area contributed by atoms with Gasteiger partial charge in [-0.25, -0.2) is 0 Å². The standard InChI is InChI=1S/C12H19Si.C5H5.2ClH.Zr/c1-2-3-9-13(10-6-11-13)12-7-4-5-8-12;1-2-4-5-3-1;;;/h4-5H,2-3,6-7,9-11H2,1H3;1-3H,4H2;2*1H;/q;;;;+2/p-2. The van der Waals surface area contributed by atoms with Gasteiger partial charge in [0.2, 0.25) is 0 Å². The van der Waals surface area contributed by atoms with E-state index in [0.717, 1.165) is 0 Å². The zero-order valence-corrected chi connectivity index (χ0v) is 17.8. The van der Waals surface area contributed by atoms with Crippen molar-refractivity contribution < 1.29 is 48.0 Å². The summed E-state index contributed by atoms with van der Waals surface area (Å²) in [6.07, 6.45) is 19.0. The molecule has 3 rings (SSSR count). The second-order valence-corrected chi connectivity index (χ2v) is 14.4. The van der Waals surface area contributed by atoms with E-state index in [4.69, 9.17) is 0 Å². The summed E-state index contributed by atoms with van der Waals surface area (Å²) in [5.74, 6) is 0. The van der Waals surface area contributed by atoms with Crippen molar-refractivity contribution in [2.45, 2.75) is 57.2 Å². The zero-order valence-electron chi connectivity index (χ0n) is 12.8. The molecule has 0 amide bonds. The van der Waals surface area contributed by atoms with E-state index < -0.39 is 31.3 Å². The van der Waals surface area contributed by atoms with E-state index in [1.807, 2.05) is 8.48 Å². The molecule has 0 aromatic heterocycles. The molecular weight excluding hydrogens is 394 g/mol. The largest absolute Gasteiger partial charge is 1.00 e. The van der Waals surface area contributed by atoms with Crippen molar-refractivity contribution in [3.8, 4) is 0 Å². The minimum atomic E-state index is -0.954. The molecule has 0 nitrogen and oxygen atoms in total. The molecule has 0 spiro atoms. The quantitative estimate of drug-likeness (QED) is 0.502. The number of hydrogen-bond donors (Lipinski definition) is 0. The summed E-state index contributed by atoms with van der Waals surface area (Å²) in [6.45, 7) is 2.36. The van der Waals surface area contributed by atoms with Gasteiger partial charge in [-0.3, -0.25) is 0 Å². The van der Waals surface area contributed by atoms with Crippen LogP contribution in [0.1, 0.15) is 39.0 Å². The fourth-order valence-electron chi connectivity index (χ4n) is 3.66. The monoisotopic (exact) mass is 416 g/mol. The Balaban J connectivity index is 0.00000110. The van der Waals surface area contributed by atoms with Crippen molar-refractivity contribution in [2.24, 2.45) is 0 Å². The van der Waals surface area contributed by atoms with Gasteiger partial charge in [-0.1, -0.05) is 0 Å².